The standard InChI is InChI=1S/C11H13N5OS/c12-11-15-9(5-18-11)10(17)14-7-2-1-6-4-13-16-8(6)3-7/h4-5,7H,1-3H2,(H2,12,15)(H,13,16)(H,14,17). The number of aromatic nitrogens is 3. The molecular weight excluding hydrogens is 250 g/mol. The summed E-state index contributed by atoms with van der Waals surface area (Å²) in [6.45, 7) is 0. The molecule has 0 spiro atoms. The monoisotopic (exact) mass is 263 g/mol. The average Bonchev–Trinajstić information content (AvgIpc) is 2.96. The smallest absolute Gasteiger partial charge is 0.271 e. The highest BCUT2D eigenvalue weighted by Gasteiger charge is 2.22. The van der Waals surface area contributed by atoms with Crippen molar-refractivity contribution in [1.82, 2.24) is 20.5 Å². The number of aryl methyl sites for hydroxylation is 1. The van der Waals surface area contributed by atoms with Crippen molar-refractivity contribution in [2.45, 2.75) is 25.3 Å². The maximum Gasteiger partial charge on any atom is 0.271 e. The summed E-state index contributed by atoms with van der Waals surface area (Å²) < 4.78 is 0. The van der Waals surface area contributed by atoms with Gasteiger partial charge >= 0.3 is 0 Å². The molecule has 2 aromatic rings. The summed E-state index contributed by atoms with van der Waals surface area (Å²) in [5, 5.41) is 12.1. The Bertz CT molecular complexity index is 576. The summed E-state index contributed by atoms with van der Waals surface area (Å²) in [4.78, 5) is 15.9. The molecule has 1 amide bonds. The third-order valence-electron chi connectivity index (χ3n) is 3.11. The van der Waals surface area contributed by atoms with Gasteiger partial charge in [0, 0.05) is 23.5 Å². The SMILES string of the molecule is Nc1nc(C(=O)NC2CCc3cn[nH]c3C2)cs1. The molecule has 0 bridgehead atoms. The molecule has 1 unspecified atom stereocenters. The Morgan fingerprint density at radius 3 is 3.28 bits per heavy atom. The second-order valence-corrected chi connectivity index (χ2v) is 5.25. The number of amides is 1. The minimum Gasteiger partial charge on any atom is -0.375 e. The van der Waals surface area contributed by atoms with E-state index in [1.54, 1.807) is 5.38 Å². The fourth-order valence-electron chi connectivity index (χ4n) is 2.18. The van der Waals surface area contributed by atoms with Gasteiger partial charge in [-0.2, -0.15) is 5.10 Å². The summed E-state index contributed by atoms with van der Waals surface area (Å²) in [6.07, 6.45) is 4.52. The first kappa shape index (κ1) is 11.2. The van der Waals surface area contributed by atoms with Crippen LogP contribution >= 0.6 is 11.3 Å². The molecule has 0 radical (unpaired) electrons. The van der Waals surface area contributed by atoms with E-state index < -0.39 is 0 Å². The maximum absolute atomic E-state index is 11.9. The van der Waals surface area contributed by atoms with Crippen molar-refractivity contribution in [3.63, 3.8) is 0 Å². The van der Waals surface area contributed by atoms with Crippen molar-refractivity contribution in [3.05, 3.63) is 28.5 Å². The van der Waals surface area contributed by atoms with E-state index in [-0.39, 0.29) is 11.9 Å². The number of aromatic amines is 1. The predicted octanol–water partition coefficient (Wildman–Crippen LogP) is 0.736. The van der Waals surface area contributed by atoms with Crippen molar-refractivity contribution in [3.8, 4) is 0 Å². The van der Waals surface area contributed by atoms with Crippen molar-refractivity contribution < 1.29 is 4.79 Å². The number of rotatable bonds is 2. The lowest BCUT2D eigenvalue weighted by Gasteiger charge is -2.22. The predicted molar refractivity (Wildman–Crippen MR) is 68.4 cm³/mol. The average molecular weight is 263 g/mol. The van der Waals surface area contributed by atoms with Crippen LogP contribution in [0.1, 0.15) is 28.2 Å². The van der Waals surface area contributed by atoms with Crippen LogP contribution in [-0.2, 0) is 12.8 Å². The first-order chi connectivity index (χ1) is 8.72. The molecule has 18 heavy (non-hydrogen) atoms. The van der Waals surface area contributed by atoms with E-state index >= 15 is 0 Å². The highest BCUT2D eigenvalue weighted by Crippen LogP contribution is 2.19. The second-order valence-electron chi connectivity index (χ2n) is 4.36. The lowest BCUT2D eigenvalue weighted by atomic mass is 9.94. The Kier molecular flexibility index (Phi) is 2.75. The summed E-state index contributed by atoms with van der Waals surface area (Å²) >= 11 is 1.27. The third kappa shape index (κ3) is 2.08. The van der Waals surface area contributed by atoms with Crippen LogP contribution in [0.5, 0.6) is 0 Å². The molecule has 3 rings (SSSR count). The Balaban J connectivity index is 1.66. The molecular formula is C11H13N5OS. The number of nitrogens with one attached hydrogen (secondary N) is 2. The molecule has 94 valence electrons. The maximum atomic E-state index is 11.9. The third-order valence-corrected chi connectivity index (χ3v) is 3.78. The summed E-state index contributed by atoms with van der Waals surface area (Å²) in [5.41, 5.74) is 8.27. The summed E-state index contributed by atoms with van der Waals surface area (Å²) in [7, 11) is 0. The molecule has 2 aromatic heterocycles. The van der Waals surface area contributed by atoms with Crippen LogP contribution in [0.3, 0.4) is 0 Å². The zero-order valence-electron chi connectivity index (χ0n) is 9.64. The Labute approximate surface area is 108 Å². The molecule has 2 heterocycles. The van der Waals surface area contributed by atoms with Gasteiger partial charge < -0.3 is 11.1 Å². The van der Waals surface area contributed by atoms with Gasteiger partial charge in [0.05, 0.1) is 6.20 Å². The number of hydrogen-bond acceptors (Lipinski definition) is 5. The van der Waals surface area contributed by atoms with E-state index in [2.05, 4.69) is 20.5 Å². The molecule has 7 heteroatoms. The van der Waals surface area contributed by atoms with Gasteiger partial charge in [0.25, 0.3) is 5.91 Å². The zero-order chi connectivity index (χ0) is 12.5. The number of nitrogen functional groups attached to an aromatic ring is 1. The highest BCUT2D eigenvalue weighted by molar-refractivity contribution is 7.13. The Morgan fingerprint density at radius 1 is 1.61 bits per heavy atom. The van der Waals surface area contributed by atoms with Gasteiger partial charge in [-0.25, -0.2) is 4.98 Å². The van der Waals surface area contributed by atoms with Crippen LogP contribution < -0.4 is 11.1 Å². The minimum absolute atomic E-state index is 0.133. The van der Waals surface area contributed by atoms with E-state index in [0.29, 0.717) is 10.8 Å². The van der Waals surface area contributed by atoms with Gasteiger partial charge in [-0.15, -0.1) is 11.3 Å². The van der Waals surface area contributed by atoms with Gasteiger partial charge in [0.15, 0.2) is 5.13 Å². The number of carbonyl (C=O) groups excluding carboxylic acids is 1. The topological polar surface area (TPSA) is 96.7 Å². The number of anilines is 1. The largest absolute Gasteiger partial charge is 0.375 e. The number of nitrogens with two attached hydrogens (primary N) is 1. The molecule has 0 fully saturated rings. The van der Waals surface area contributed by atoms with Gasteiger partial charge in [-0.1, -0.05) is 0 Å². The minimum atomic E-state index is -0.157. The van der Waals surface area contributed by atoms with Crippen LogP contribution in [0, 0.1) is 0 Å². The fourth-order valence-corrected chi connectivity index (χ4v) is 2.73. The number of thiazole rings is 1. The van der Waals surface area contributed by atoms with Crippen molar-refractivity contribution >= 4 is 22.4 Å². The van der Waals surface area contributed by atoms with Crippen LogP contribution in [-0.4, -0.2) is 27.1 Å². The normalized spacial score (nSPS) is 18.3. The van der Waals surface area contributed by atoms with Crippen LogP contribution in [0.25, 0.3) is 0 Å². The van der Waals surface area contributed by atoms with Crippen molar-refractivity contribution in [1.29, 1.82) is 0 Å². The number of hydrogen-bond donors (Lipinski definition) is 3. The van der Waals surface area contributed by atoms with E-state index in [0.717, 1.165) is 25.0 Å². The fraction of sp³-hybridized carbons (Fsp3) is 0.364. The molecule has 1 atom stereocenters. The van der Waals surface area contributed by atoms with Crippen LogP contribution in [0.2, 0.25) is 0 Å². The van der Waals surface area contributed by atoms with Gasteiger partial charge in [0.2, 0.25) is 0 Å². The Hall–Kier alpha value is -1.89. The first-order valence-electron chi connectivity index (χ1n) is 5.75. The van der Waals surface area contributed by atoms with E-state index in [1.165, 1.54) is 16.9 Å². The highest BCUT2D eigenvalue weighted by atomic mass is 32.1. The molecule has 1 aliphatic carbocycles. The molecule has 4 N–H and O–H groups in total. The molecule has 6 nitrogen and oxygen atoms in total. The molecule has 0 saturated heterocycles. The van der Waals surface area contributed by atoms with Gasteiger partial charge in [0.1, 0.15) is 5.69 Å². The van der Waals surface area contributed by atoms with Gasteiger partial charge in [-0.3, -0.25) is 9.89 Å². The number of H-pyrrole nitrogens is 1. The van der Waals surface area contributed by atoms with Gasteiger partial charge in [-0.05, 0) is 18.4 Å². The van der Waals surface area contributed by atoms with E-state index in [9.17, 15) is 4.79 Å². The summed E-state index contributed by atoms with van der Waals surface area (Å²) in [5.74, 6) is -0.157. The Morgan fingerprint density at radius 2 is 2.50 bits per heavy atom. The molecule has 0 aliphatic heterocycles. The van der Waals surface area contributed by atoms with Crippen LogP contribution in [0.4, 0.5) is 5.13 Å². The van der Waals surface area contributed by atoms with Crippen LogP contribution in [0.15, 0.2) is 11.6 Å². The number of carbonyl (C=O) groups is 1. The first-order valence-corrected chi connectivity index (χ1v) is 6.63. The molecule has 0 aromatic carbocycles. The molecule has 0 saturated carbocycles. The lowest BCUT2D eigenvalue weighted by molar-refractivity contribution is 0.0929. The van der Waals surface area contributed by atoms with E-state index in [4.69, 9.17) is 5.73 Å². The lowest BCUT2D eigenvalue weighted by Crippen LogP contribution is -2.38. The molecule has 1 aliphatic rings. The van der Waals surface area contributed by atoms with E-state index in [1.807, 2.05) is 6.20 Å². The second kappa shape index (κ2) is 4.41. The number of nitrogens with zero attached hydrogens (tertiary/aromatic N) is 2. The van der Waals surface area contributed by atoms with Crippen molar-refractivity contribution in [2.75, 3.05) is 5.73 Å². The summed E-state index contributed by atoms with van der Waals surface area (Å²) in [6, 6.07) is 0.133. The zero-order valence-corrected chi connectivity index (χ0v) is 10.5. The quantitative estimate of drug-likeness (QED) is 0.744. The van der Waals surface area contributed by atoms with Crippen molar-refractivity contribution in [2.24, 2.45) is 0 Å². The number of fused-ring (bicyclic) bond motifs is 1.